The van der Waals surface area contributed by atoms with Gasteiger partial charge in [0.05, 0.1) is 5.56 Å². The maximum atomic E-state index is 10.7. The molecule has 0 spiro atoms. The lowest BCUT2D eigenvalue weighted by Gasteiger charge is -2.02. The molecule has 0 saturated heterocycles. The number of carboxylic acids is 1. The molecule has 3 N–H and O–H groups in total. The minimum absolute atomic E-state index is 0.282. The van der Waals surface area contributed by atoms with Gasteiger partial charge in [0.2, 0.25) is 0 Å². The zero-order chi connectivity index (χ0) is 13.0. The van der Waals surface area contributed by atoms with Crippen LogP contribution in [0.3, 0.4) is 0 Å². The molecule has 0 unspecified atom stereocenters. The van der Waals surface area contributed by atoms with Crippen molar-refractivity contribution in [3.05, 3.63) is 59.7 Å². The molecule has 0 aliphatic heterocycles. The molecule has 0 aliphatic carbocycles. The van der Waals surface area contributed by atoms with Crippen molar-refractivity contribution in [2.75, 3.05) is 0 Å². The highest BCUT2D eigenvalue weighted by Gasteiger charge is 2.02. The lowest BCUT2D eigenvalue weighted by atomic mass is 10.0. The summed E-state index contributed by atoms with van der Waals surface area (Å²) in [5.41, 5.74) is 8.24. The van der Waals surface area contributed by atoms with Gasteiger partial charge in [-0.25, -0.2) is 4.79 Å². The van der Waals surface area contributed by atoms with Crippen LogP contribution < -0.4 is 5.73 Å². The zero-order valence-corrected chi connectivity index (χ0v) is 9.55. The molecule has 0 saturated carbocycles. The number of benzene rings is 2. The quantitative estimate of drug-likeness (QED) is 0.622. The Kier molecular flexibility index (Phi) is 3.31. The SMILES string of the molecule is NC#Cc1ccc(-c2ccc(C(=O)O)cc2)cc1. The van der Waals surface area contributed by atoms with Gasteiger partial charge in [-0.2, -0.15) is 0 Å². The highest BCUT2D eigenvalue weighted by atomic mass is 16.4. The van der Waals surface area contributed by atoms with E-state index in [4.69, 9.17) is 10.8 Å². The van der Waals surface area contributed by atoms with Crippen LogP contribution in [0.4, 0.5) is 0 Å². The third-order valence-corrected chi connectivity index (χ3v) is 2.57. The van der Waals surface area contributed by atoms with Crippen molar-refractivity contribution in [2.45, 2.75) is 0 Å². The van der Waals surface area contributed by atoms with Crippen molar-refractivity contribution in [3.63, 3.8) is 0 Å². The van der Waals surface area contributed by atoms with Gasteiger partial charge in [0, 0.05) is 11.6 Å². The summed E-state index contributed by atoms with van der Waals surface area (Å²) in [6.45, 7) is 0. The van der Waals surface area contributed by atoms with E-state index < -0.39 is 5.97 Å². The Hall–Kier alpha value is -2.73. The smallest absolute Gasteiger partial charge is 0.335 e. The van der Waals surface area contributed by atoms with Gasteiger partial charge in [-0.3, -0.25) is 0 Å². The van der Waals surface area contributed by atoms with E-state index in [-0.39, 0.29) is 5.56 Å². The summed E-state index contributed by atoms with van der Waals surface area (Å²) in [7, 11) is 0. The summed E-state index contributed by atoms with van der Waals surface area (Å²) in [6, 6.07) is 16.7. The fraction of sp³-hybridized carbons (Fsp3) is 0. The summed E-state index contributed by atoms with van der Waals surface area (Å²) in [4.78, 5) is 10.7. The van der Waals surface area contributed by atoms with E-state index in [1.807, 2.05) is 24.3 Å². The Labute approximate surface area is 105 Å². The first-order valence-corrected chi connectivity index (χ1v) is 5.36. The molecule has 18 heavy (non-hydrogen) atoms. The van der Waals surface area contributed by atoms with Crippen LogP contribution in [0.2, 0.25) is 0 Å². The normalized spacial score (nSPS) is 9.33. The molecule has 2 aromatic rings. The number of hydrogen-bond acceptors (Lipinski definition) is 2. The molecule has 0 atom stereocenters. The van der Waals surface area contributed by atoms with Gasteiger partial charge < -0.3 is 10.8 Å². The van der Waals surface area contributed by atoms with Crippen LogP contribution in [-0.2, 0) is 0 Å². The summed E-state index contributed by atoms with van der Waals surface area (Å²) in [5, 5.41) is 8.81. The number of nitrogens with two attached hydrogens (primary N) is 1. The zero-order valence-electron chi connectivity index (χ0n) is 9.55. The average Bonchev–Trinajstić information content (AvgIpc) is 2.40. The topological polar surface area (TPSA) is 63.3 Å². The third-order valence-electron chi connectivity index (χ3n) is 2.57. The molecule has 0 fully saturated rings. The first kappa shape index (κ1) is 11.7. The molecule has 0 bridgehead atoms. The van der Waals surface area contributed by atoms with Gasteiger partial charge in [0.1, 0.15) is 0 Å². The van der Waals surface area contributed by atoms with Crippen LogP contribution in [0.1, 0.15) is 15.9 Å². The molecule has 3 heteroatoms. The van der Waals surface area contributed by atoms with Crippen molar-refractivity contribution < 1.29 is 9.90 Å². The predicted octanol–water partition coefficient (Wildman–Crippen LogP) is 2.32. The van der Waals surface area contributed by atoms with Crippen LogP contribution >= 0.6 is 0 Å². The van der Waals surface area contributed by atoms with Crippen LogP contribution in [0.5, 0.6) is 0 Å². The predicted molar refractivity (Wildman–Crippen MR) is 69.9 cm³/mol. The molecule has 0 heterocycles. The third kappa shape index (κ3) is 2.50. The van der Waals surface area contributed by atoms with E-state index in [9.17, 15) is 4.79 Å². The minimum Gasteiger partial charge on any atom is -0.478 e. The standard InChI is InChI=1S/C15H11NO2/c16-10-9-11-1-3-12(4-2-11)13-5-7-14(8-6-13)15(17)18/h1-8H,16H2,(H,17,18). The van der Waals surface area contributed by atoms with E-state index in [2.05, 4.69) is 12.0 Å². The molecule has 0 aliphatic rings. The Morgan fingerprint density at radius 1 is 0.944 bits per heavy atom. The van der Waals surface area contributed by atoms with Gasteiger partial charge in [-0.15, -0.1) is 0 Å². The molecule has 88 valence electrons. The maximum absolute atomic E-state index is 10.7. The Morgan fingerprint density at radius 3 is 1.89 bits per heavy atom. The second-order valence-corrected chi connectivity index (χ2v) is 3.73. The minimum atomic E-state index is -0.921. The Balaban J connectivity index is 2.30. The summed E-state index contributed by atoms with van der Waals surface area (Å²) in [6.07, 6.45) is 0. The van der Waals surface area contributed by atoms with Gasteiger partial charge >= 0.3 is 5.97 Å². The summed E-state index contributed by atoms with van der Waals surface area (Å²) in [5.74, 6) is 1.84. The summed E-state index contributed by atoms with van der Waals surface area (Å²) < 4.78 is 0. The highest BCUT2D eigenvalue weighted by Crippen LogP contribution is 2.20. The Morgan fingerprint density at radius 2 is 1.44 bits per heavy atom. The molecule has 3 nitrogen and oxygen atoms in total. The molecule has 0 amide bonds. The van der Waals surface area contributed by atoms with Crippen molar-refractivity contribution in [2.24, 2.45) is 5.73 Å². The molecule has 0 aromatic heterocycles. The van der Waals surface area contributed by atoms with E-state index in [0.717, 1.165) is 16.7 Å². The van der Waals surface area contributed by atoms with Crippen molar-refractivity contribution in [1.29, 1.82) is 0 Å². The monoisotopic (exact) mass is 237 g/mol. The van der Waals surface area contributed by atoms with Crippen molar-refractivity contribution >= 4 is 5.97 Å². The second kappa shape index (κ2) is 5.07. The van der Waals surface area contributed by atoms with Gasteiger partial charge in [0.15, 0.2) is 0 Å². The highest BCUT2D eigenvalue weighted by molar-refractivity contribution is 5.88. The van der Waals surface area contributed by atoms with E-state index in [0.29, 0.717) is 0 Å². The second-order valence-electron chi connectivity index (χ2n) is 3.73. The lowest BCUT2D eigenvalue weighted by Crippen LogP contribution is -1.94. The lowest BCUT2D eigenvalue weighted by molar-refractivity contribution is 0.0697. The number of carbonyl (C=O) groups is 1. The van der Waals surface area contributed by atoms with Crippen molar-refractivity contribution in [1.82, 2.24) is 0 Å². The maximum Gasteiger partial charge on any atom is 0.335 e. The van der Waals surface area contributed by atoms with Crippen LogP contribution in [0.25, 0.3) is 11.1 Å². The largest absolute Gasteiger partial charge is 0.478 e. The Bertz CT molecular complexity index is 616. The van der Waals surface area contributed by atoms with E-state index >= 15 is 0 Å². The first-order valence-electron chi connectivity index (χ1n) is 5.36. The molecule has 2 rings (SSSR count). The summed E-state index contributed by atoms with van der Waals surface area (Å²) >= 11 is 0. The van der Waals surface area contributed by atoms with Crippen molar-refractivity contribution in [3.8, 4) is 23.1 Å². The van der Waals surface area contributed by atoms with E-state index in [1.165, 1.54) is 0 Å². The first-order chi connectivity index (χ1) is 8.70. The van der Waals surface area contributed by atoms with E-state index in [1.54, 1.807) is 24.3 Å². The molecule has 2 aromatic carbocycles. The molecular weight excluding hydrogens is 226 g/mol. The number of rotatable bonds is 2. The number of hydrogen-bond donors (Lipinski definition) is 2. The van der Waals surface area contributed by atoms with Gasteiger partial charge in [-0.05, 0) is 41.3 Å². The molecule has 0 radical (unpaired) electrons. The fourth-order valence-electron chi connectivity index (χ4n) is 1.63. The van der Waals surface area contributed by atoms with Crippen LogP contribution in [-0.4, -0.2) is 11.1 Å². The number of aromatic carboxylic acids is 1. The van der Waals surface area contributed by atoms with Gasteiger partial charge in [-0.1, -0.05) is 24.3 Å². The van der Waals surface area contributed by atoms with Crippen LogP contribution in [0, 0.1) is 12.0 Å². The number of carboxylic acid groups (broad SMARTS) is 1. The van der Waals surface area contributed by atoms with Gasteiger partial charge in [0.25, 0.3) is 0 Å². The average molecular weight is 237 g/mol. The fourth-order valence-corrected chi connectivity index (χ4v) is 1.63. The molecular formula is C15H11NO2. The van der Waals surface area contributed by atoms with Crippen LogP contribution in [0.15, 0.2) is 48.5 Å².